The van der Waals surface area contributed by atoms with Gasteiger partial charge in [-0.2, -0.15) is 0 Å². The Morgan fingerprint density at radius 3 is 2.78 bits per heavy atom. The Labute approximate surface area is 105 Å². The molecule has 2 aromatic rings. The van der Waals surface area contributed by atoms with Crippen molar-refractivity contribution in [3.63, 3.8) is 0 Å². The van der Waals surface area contributed by atoms with Gasteiger partial charge in [-0.05, 0) is 37.6 Å². The molecule has 0 aliphatic heterocycles. The Balaban J connectivity index is 2.23. The van der Waals surface area contributed by atoms with Crippen molar-refractivity contribution in [1.29, 1.82) is 0 Å². The largest absolute Gasteiger partial charge is 0.478 e. The maximum Gasteiger partial charge on any atom is 0.335 e. The van der Waals surface area contributed by atoms with Crippen molar-refractivity contribution in [2.24, 2.45) is 0 Å². The van der Waals surface area contributed by atoms with Crippen molar-refractivity contribution in [2.45, 2.75) is 19.9 Å². The second-order valence-corrected chi connectivity index (χ2v) is 4.26. The van der Waals surface area contributed by atoms with Gasteiger partial charge in [-0.3, -0.25) is 0 Å². The van der Waals surface area contributed by atoms with E-state index in [0.29, 0.717) is 0 Å². The van der Waals surface area contributed by atoms with Gasteiger partial charge >= 0.3 is 5.97 Å². The number of benzene rings is 1. The molecule has 0 radical (unpaired) electrons. The van der Waals surface area contributed by atoms with E-state index in [-0.39, 0.29) is 11.6 Å². The molecular formula is C14H15NO3. The van der Waals surface area contributed by atoms with E-state index >= 15 is 0 Å². The molecule has 1 atom stereocenters. The molecule has 2 rings (SSSR count). The van der Waals surface area contributed by atoms with Crippen LogP contribution < -0.4 is 5.32 Å². The van der Waals surface area contributed by atoms with Crippen LogP contribution in [0.15, 0.2) is 41.2 Å². The maximum absolute atomic E-state index is 10.9. The number of hydrogen-bond acceptors (Lipinski definition) is 3. The summed E-state index contributed by atoms with van der Waals surface area (Å²) in [4.78, 5) is 10.9. The lowest BCUT2D eigenvalue weighted by atomic mass is 10.1. The number of anilines is 1. The van der Waals surface area contributed by atoms with Crippen LogP contribution >= 0.6 is 0 Å². The van der Waals surface area contributed by atoms with Crippen LogP contribution in [0.1, 0.15) is 34.5 Å². The fourth-order valence-corrected chi connectivity index (χ4v) is 1.75. The summed E-state index contributed by atoms with van der Waals surface area (Å²) in [5.41, 5.74) is 3.14. The molecule has 0 saturated carbocycles. The second kappa shape index (κ2) is 4.96. The van der Waals surface area contributed by atoms with Crippen molar-refractivity contribution < 1.29 is 14.3 Å². The molecule has 0 fully saturated rings. The van der Waals surface area contributed by atoms with Gasteiger partial charge in [-0.15, -0.1) is 0 Å². The average molecular weight is 245 g/mol. The molecule has 1 heterocycles. The van der Waals surface area contributed by atoms with Crippen LogP contribution in [0.2, 0.25) is 0 Å². The lowest BCUT2D eigenvalue weighted by Gasteiger charge is -2.16. The molecule has 0 aliphatic carbocycles. The number of rotatable bonds is 4. The lowest BCUT2D eigenvalue weighted by molar-refractivity contribution is 0.0697. The summed E-state index contributed by atoms with van der Waals surface area (Å²) >= 11 is 0. The van der Waals surface area contributed by atoms with Crippen LogP contribution in [0.3, 0.4) is 0 Å². The molecule has 1 unspecified atom stereocenters. The standard InChI is InChI=1S/C14H15NO3/c1-9-3-4-11(14(16)17)7-13(9)15-10(2)12-5-6-18-8-12/h3-8,10,15H,1-2H3,(H,16,17). The summed E-state index contributed by atoms with van der Waals surface area (Å²) in [5.74, 6) is -0.922. The van der Waals surface area contributed by atoms with Gasteiger partial charge in [0.25, 0.3) is 0 Å². The fraction of sp³-hybridized carbons (Fsp3) is 0.214. The number of carboxylic acid groups (broad SMARTS) is 1. The zero-order valence-corrected chi connectivity index (χ0v) is 10.3. The molecule has 4 nitrogen and oxygen atoms in total. The number of carbonyl (C=O) groups is 1. The normalized spacial score (nSPS) is 12.1. The van der Waals surface area contributed by atoms with Gasteiger partial charge in [-0.1, -0.05) is 6.07 Å². The van der Waals surface area contributed by atoms with Crippen LogP contribution in [-0.2, 0) is 0 Å². The number of aromatic carboxylic acids is 1. The third kappa shape index (κ3) is 2.53. The van der Waals surface area contributed by atoms with E-state index in [1.807, 2.05) is 19.9 Å². The van der Waals surface area contributed by atoms with Gasteiger partial charge in [0, 0.05) is 11.3 Å². The van der Waals surface area contributed by atoms with E-state index in [0.717, 1.165) is 16.8 Å². The van der Waals surface area contributed by atoms with Crippen LogP contribution in [0, 0.1) is 6.92 Å². The molecule has 0 aliphatic rings. The summed E-state index contributed by atoms with van der Waals surface area (Å²) in [7, 11) is 0. The van der Waals surface area contributed by atoms with Gasteiger partial charge in [-0.25, -0.2) is 4.79 Å². The summed E-state index contributed by atoms with van der Waals surface area (Å²) in [6.45, 7) is 3.94. The third-order valence-electron chi connectivity index (χ3n) is 2.90. The highest BCUT2D eigenvalue weighted by Crippen LogP contribution is 2.23. The Bertz CT molecular complexity index is 546. The minimum Gasteiger partial charge on any atom is -0.478 e. The highest BCUT2D eigenvalue weighted by molar-refractivity contribution is 5.89. The van der Waals surface area contributed by atoms with Crippen molar-refractivity contribution in [1.82, 2.24) is 0 Å². The zero-order valence-electron chi connectivity index (χ0n) is 10.3. The minimum atomic E-state index is -0.922. The lowest BCUT2D eigenvalue weighted by Crippen LogP contribution is -2.08. The van der Waals surface area contributed by atoms with E-state index in [1.165, 1.54) is 0 Å². The SMILES string of the molecule is Cc1ccc(C(=O)O)cc1NC(C)c1ccoc1. The van der Waals surface area contributed by atoms with E-state index in [2.05, 4.69) is 5.32 Å². The number of furan rings is 1. The van der Waals surface area contributed by atoms with Crippen molar-refractivity contribution >= 4 is 11.7 Å². The van der Waals surface area contributed by atoms with E-state index < -0.39 is 5.97 Å². The van der Waals surface area contributed by atoms with Crippen molar-refractivity contribution in [3.8, 4) is 0 Å². The predicted octanol–water partition coefficient (Wildman–Crippen LogP) is 3.46. The Kier molecular flexibility index (Phi) is 3.37. The number of nitrogens with one attached hydrogen (secondary N) is 1. The molecule has 1 aromatic heterocycles. The first kappa shape index (κ1) is 12.2. The third-order valence-corrected chi connectivity index (χ3v) is 2.90. The molecule has 18 heavy (non-hydrogen) atoms. The predicted molar refractivity (Wildman–Crippen MR) is 68.9 cm³/mol. The molecule has 2 N–H and O–H groups in total. The van der Waals surface area contributed by atoms with Crippen LogP contribution in [0.4, 0.5) is 5.69 Å². The maximum atomic E-state index is 10.9. The topological polar surface area (TPSA) is 62.5 Å². The summed E-state index contributed by atoms with van der Waals surface area (Å²) < 4.78 is 5.03. The van der Waals surface area contributed by atoms with Gasteiger partial charge in [0.05, 0.1) is 24.1 Å². The highest BCUT2D eigenvalue weighted by atomic mass is 16.4. The monoisotopic (exact) mass is 245 g/mol. The highest BCUT2D eigenvalue weighted by Gasteiger charge is 2.10. The Morgan fingerprint density at radius 2 is 2.17 bits per heavy atom. The molecule has 4 heteroatoms. The number of carboxylic acids is 1. The molecule has 0 spiro atoms. The molecule has 0 bridgehead atoms. The van der Waals surface area contributed by atoms with Gasteiger partial charge in [0.1, 0.15) is 0 Å². The molecular weight excluding hydrogens is 230 g/mol. The summed E-state index contributed by atoms with van der Waals surface area (Å²) in [6, 6.07) is 6.99. The Hall–Kier alpha value is -2.23. The van der Waals surface area contributed by atoms with Gasteiger partial charge in [0.2, 0.25) is 0 Å². The zero-order chi connectivity index (χ0) is 13.1. The number of hydrogen-bond donors (Lipinski definition) is 2. The van der Waals surface area contributed by atoms with Gasteiger partial charge in [0.15, 0.2) is 0 Å². The molecule has 94 valence electrons. The number of aryl methyl sites for hydroxylation is 1. The van der Waals surface area contributed by atoms with Crippen LogP contribution in [0.5, 0.6) is 0 Å². The molecule has 0 saturated heterocycles. The second-order valence-electron chi connectivity index (χ2n) is 4.26. The first-order chi connectivity index (χ1) is 8.58. The summed E-state index contributed by atoms with van der Waals surface area (Å²) in [5, 5.41) is 12.3. The first-order valence-electron chi connectivity index (χ1n) is 5.70. The van der Waals surface area contributed by atoms with Crippen molar-refractivity contribution in [2.75, 3.05) is 5.32 Å². The van der Waals surface area contributed by atoms with E-state index in [9.17, 15) is 4.79 Å². The first-order valence-corrected chi connectivity index (χ1v) is 5.70. The van der Waals surface area contributed by atoms with Crippen LogP contribution in [0.25, 0.3) is 0 Å². The molecule has 1 aromatic carbocycles. The minimum absolute atomic E-state index is 0.0616. The van der Waals surface area contributed by atoms with Crippen molar-refractivity contribution in [3.05, 3.63) is 53.5 Å². The summed E-state index contributed by atoms with van der Waals surface area (Å²) in [6.07, 6.45) is 3.29. The van der Waals surface area contributed by atoms with E-state index in [1.54, 1.807) is 30.7 Å². The molecule has 0 amide bonds. The van der Waals surface area contributed by atoms with Crippen LogP contribution in [-0.4, -0.2) is 11.1 Å². The van der Waals surface area contributed by atoms with E-state index in [4.69, 9.17) is 9.52 Å². The Morgan fingerprint density at radius 1 is 1.39 bits per heavy atom. The quantitative estimate of drug-likeness (QED) is 0.865. The smallest absolute Gasteiger partial charge is 0.335 e. The average Bonchev–Trinajstić information content (AvgIpc) is 2.85. The van der Waals surface area contributed by atoms with Gasteiger partial charge < -0.3 is 14.8 Å². The fourth-order valence-electron chi connectivity index (χ4n) is 1.75.